The number of rotatable bonds is 7. The van der Waals surface area contributed by atoms with Gasteiger partial charge in [-0.25, -0.2) is 0 Å². The van der Waals surface area contributed by atoms with Crippen LogP contribution in [-0.2, 0) is 11.3 Å². The van der Waals surface area contributed by atoms with E-state index in [0.29, 0.717) is 17.8 Å². The van der Waals surface area contributed by atoms with E-state index in [-0.39, 0.29) is 5.91 Å². The van der Waals surface area contributed by atoms with E-state index in [0.717, 1.165) is 28.0 Å². The molecule has 1 amide bonds. The van der Waals surface area contributed by atoms with Crippen molar-refractivity contribution in [1.82, 2.24) is 5.32 Å². The fourth-order valence-electron chi connectivity index (χ4n) is 2.21. The minimum absolute atomic E-state index is 0.176. The molecule has 0 aliphatic heterocycles. The van der Waals surface area contributed by atoms with Gasteiger partial charge >= 0.3 is 0 Å². The van der Waals surface area contributed by atoms with Gasteiger partial charge in [0.1, 0.15) is 11.5 Å². The third-order valence-electron chi connectivity index (χ3n) is 3.62. The number of carbonyl (C=O) groups is 1. The van der Waals surface area contributed by atoms with E-state index in [9.17, 15) is 4.79 Å². The van der Waals surface area contributed by atoms with Crippen molar-refractivity contribution < 1.29 is 9.53 Å². The van der Waals surface area contributed by atoms with Gasteiger partial charge in [-0.15, -0.1) is 0 Å². The van der Waals surface area contributed by atoms with Crippen LogP contribution in [0.1, 0.15) is 25.8 Å². The molecule has 3 N–H and O–H groups in total. The summed E-state index contributed by atoms with van der Waals surface area (Å²) in [6.45, 7) is 4.16. The number of halogens is 1. The molecule has 0 aliphatic carbocycles. The lowest BCUT2D eigenvalue weighted by molar-refractivity contribution is -0.117. The van der Waals surface area contributed by atoms with Crippen molar-refractivity contribution in [3.63, 3.8) is 0 Å². The molecule has 136 valence electrons. The second kappa shape index (κ2) is 9.82. The molecule has 4 nitrogen and oxygen atoms in total. The van der Waals surface area contributed by atoms with Crippen molar-refractivity contribution in [2.75, 3.05) is 0 Å². The zero-order valence-corrected chi connectivity index (χ0v) is 16.5. The molecule has 26 heavy (non-hydrogen) atoms. The van der Waals surface area contributed by atoms with Crippen LogP contribution in [0.4, 0.5) is 0 Å². The van der Waals surface area contributed by atoms with Crippen molar-refractivity contribution in [2.45, 2.75) is 26.8 Å². The smallest absolute Gasteiger partial charge is 0.253 e. The number of hydrogen-bond donors (Lipinski definition) is 2. The standard InChI is InChI=1S/C21H23BrN2O2/c1-3-4-5-20(15(2)23)21(25)24-14-16-6-10-18(11-7-16)26-19-12-8-17(22)9-13-19/h4-13H,3,14,23H2,1-2H3,(H,24,25)/b5-4-,20-15-. The van der Waals surface area contributed by atoms with E-state index >= 15 is 0 Å². The normalized spacial score (nSPS) is 12.0. The van der Waals surface area contributed by atoms with Crippen molar-refractivity contribution in [3.05, 3.63) is 82.0 Å². The van der Waals surface area contributed by atoms with Crippen LogP contribution < -0.4 is 15.8 Å². The van der Waals surface area contributed by atoms with Gasteiger partial charge in [0.05, 0.1) is 5.57 Å². The van der Waals surface area contributed by atoms with Gasteiger partial charge in [0.2, 0.25) is 0 Å². The monoisotopic (exact) mass is 414 g/mol. The SMILES string of the molecule is CC/C=C\C(C(=O)NCc1ccc(Oc2ccc(Br)cc2)cc1)=C(/C)N. The summed E-state index contributed by atoms with van der Waals surface area (Å²) in [7, 11) is 0. The Kier molecular flexibility index (Phi) is 7.48. The average molecular weight is 415 g/mol. The lowest BCUT2D eigenvalue weighted by Crippen LogP contribution is -2.25. The average Bonchev–Trinajstić information content (AvgIpc) is 2.63. The Morgan fingerprint density at radius 1 is 1.12 bits per heavy atom. The van der Waals surface area contributed by atoms with E-state index in [1.54, 1.807) is 13.0 Å². The Hall–Kier alpha value is -2.53. The van der Waals surface area contributed by atoms with Crippen LogP contribution >= 0.6 is 15.9 Å². The maximum atomic E-state index is 12.3. The molecule has 0 radical (unpaired) electrons. The van der Waals surface area contributed by atoms with E-state index in [2.05, 4.69) is 21.2 Å². The summed E-state index contributed by atoms with van der Waals surface area (Å²) in [5, 5.41) is 2.89. The van der Waals surface area contributed by atoms with Crippen molar-refractivity contribution in [2.24, 2.45) is 5.73 Å². The molecule has 5 heteroatoms. The maximum Gasteiger partial charge on any atom is 0.253 e. The fraction of sp³-hybridized carbons (Fsp3) is 0.190. The van der Waals surface area contributed by atoms with Crippen molar-refractivity contribution in [3.8, 4) is 11.5 Å². The van der Waals surface area contributed by atoms with E-state index < -0.39 is 0 Å². The Bertz CT molecular complexity index is 790. The number of ether oxygens (including phenoxy) is 1. The molecular formula is C21H23BrN2O2. The highest BCUT2D eigenvalue weighted by Crippen LogP contribution is 2.23. The van der Waals surface area contributed by atoms with Crippen LogP contribution in [0.15, 0.2) is 76.4 Å². The van der Waals surface area contributed by atoms with E-state index in [1.807, 2.05) is 61.5 Å². The topological polar surface area (TPSA) is 64.3 Å². The van der Waals surface area contributed by atoms with E-state index in [1.165, 1.54) is 0 Å². The van der Waals surface area contributed by atoms with Crippen molar-refractivity contribution >= 4 is 21.8 Å². The molecule has 0 saturated carbocycles. The molecule has 0 spiro atoms. The third kappa shape index (κ3) is 6.08. The van der Waals surface area contributed by atoms with Crippen LogP contribution in [0.2, 0.25) is 0 Å². The van der Waals surface area contributed by atoms with Gasteiger partial charge in [0, 0.05) is 16.7 Å². The maximum absolute atomic E-state index is 12.3. The molecule has 0 bridgehead atoms. The molecule has 0 unspecified atom stereocenters. The highest BCUT2D eigenvalue weighted by Gasteiger charge is 2.08. The number of allylic oxidation sites excluding steroid dienone is 2. The van der Waals surface area contributed by atoms with E-state index in [4.69, 9.17) is 10.5 Å². The number of carbonyl (C=O) groups excluding carboxylic acids is 1. The minimum Gasteiger partial charge on any atom is -0.457 e. The number of benzene rings is 2. The molecule has 0 saturated heterocycles. The molecule has 2 rings (SSSR count). The summed E-state index contributed by atoms with van der Waals surface area (Å²) in [6, 6.07) is 15.3. The first-order valence-corrected chi connectivity index (χ1v) is 9.22. The van der Waals surface area contributed by atoms with Gasteiger partial charge < -0.3 is 15.8 Å². The summed E-state index contributed by atoms with van der Waals surface area (Å²) in [6.07, 6.45) is 4.53. The predicted molar refractivity (Wildman–Crippen MR) is 109 cm³/mol. The van der Waals surface area contributed by atoms with Gasteiger partial charge in [-0.1, -0.05) is 47.1 Å². The van der Waals surface area contributed by atoms with Crippen LogP contribution in [0.5, 0.6) is 11.5 Å². The summed E-state index contributed by atoms with van der Waals surface area (Å²) in [5.74, 6) is 1.33. The van der Waals surface area contributed by atoms with Crippen molar-refractivity contribution in [1.29, 1.82) is 0 Å². The second-order valence-electron chi connectivity index (χ2n) is 5.79. The number of nitrogens with two attached hydrogens (primary N) is 1. The Morgan fingerprint density at radius 3 is 2.23 bits per heavy atom. The van der Waals surface area contributed by atoms with Gasteiger partial charge in [-0.05, 0) is 55.3 Å². The zero-order chi connectivity index (χ0) is 18.9. The first-order valence-electron chi connectivity index (χ1n) is 8.43. The first-order chi connectivity index (χ1) is 12.5. The lowest BCUT2D eigenvalue weighted by atomic mass is 10.1. The van der Waals surface area contributed by atoms with Crippen LogP contribution in [-0.4, -0.2) is 5.91 Å². The Morgan fingerprint density at radius 2 is 1.69 bits per heavy atom. The highest BCUT2D eigenvalue weighted by molar-refractivity contribution is 9.10. The highest BCUT2D eigenvalue weighted by atomic mass is 79.9. The number of hydrogen-bond acceptors (Lipinski definition) is 3. The summed E-state index contributed by atoms with van der Waals surface area (Å²) < 4.78 is 6.79. The predicted octanol–water partition coefficient (Wildman–Crippen LogP) is 5.06. The van der Waals surface area contributed by atoms with Gasteiger partial charge in [0.25, 0.3) is 5.91 Å². The largest absolute Gasteiger partial charge is 0.457 e. The summed E-state index contributed by atoms with van der Waals surface area (Å²) in [5.41, 5.74) is 7.79. The Balaban J connectivity index is 1.94. The van der Waals surface area contributed by atoms with Crippen LogP contribution in [0, 0.1) is 0 Å². The van der Waals surface area contributed by atoms with Gasteiger partial charge in [-0.3, -0.25) is 4.79 Å². The van der Waals surface area contributed by atoms with Crippen LogP contribution in [0.3, 0.4) is 0 Å². The molecule has 0 aliphatic rings. The quantitative estimate of drug-likeness (QED) is 0.491. The lowest BCUT2D eigenvalue weighted by Gasteiger charge is -2.09. The zero-order valence-electron chi connectivity index (χ0n) is 15.0. The Labute approximate surface area is 162 Å². The second-order valence-corrected chi connectivity index (χ2v) is 6.71. The molecule has 0 atom stereocenters. The minimum atomic E-state index is -0.176. The summed E-state index contributed by atoms with van der Waals surface area (Å²) >= 11 is 3.40. The fourth-order valence-corrected chi connectivity index (χ4v) is 2.48. The number of nitrogens with one attached hydrogen (secondary N) is 1. The molecular weight excluding hydrogens is 392 g/mol. The number of amides is 1. The molecule has 0 aromatic heterocycles. The molecule has 0 fully saturated rings. The van der Waals surface area contributed by atoms with Crippen LogP contribution in [0.25, 0.3) is 0 Å². The third-order valence-corrected chi connectivity index (χ3v) is 4.14. The van der Waals surface area contributed by atoms with Gasteiger partial charge in [-0.2, -0.15) is 0 Å². The summed E-state index contributed by atoms with van der Waals surface area (Å²) in [4.78, 5) is 12.3. The first kappa shape index (κ1) is 19.8. The van der Waals surface area contributed by atoms with Gasteiger partial charge in [0.15, 0.2) is 0 Å². The molecule has 2 aromatic carbocycles. The molecule has 0 heterocycles. The molecule has 2 aromatic rings.